The van der Waals surface area contributed by atoms with Crippen molar-refractivity contribution in [3.8, 4) is 5.75 Å². The van der Waals surface area contributed by atoms with E-state index in [-0.39, 0.29) is 11.8 Å². The van der Waals surface area contributed by atoms with Crippen LogP contribution in [0.2, 0.25) is 0 Å². The van der Waals surface area contributed by atoms with E-state index in [1.807, 2.05) is 43.3 Å². The summed E-state index contributed by atoms with van der Waals surface area (Å²) in [6.45, 7) is 7.44. The predicted octanol–water partition coefficient (Wildman–Crippen LogP) is 5.72. The molecule has 0 spiro atoms. The third-order valence-electron chi connectivity index (χ3n) is 5.83. The first kappa shape index (κ1) is 26.4. The molecule has 2 aromatic rings. The second kappa shape index (κ2) is 12.6. The van der Waals surface area contributed by atoms with Gasteiger partial charge in [-0.15, -0.1) is 0 Å². The van der Waals surface area contributed by atoms with Crippen LogP contribution in [0.1, 0.15) is 42.6 Å². The SMILES string of the molecule is CCCCOc1ccc(Br)cc1/C=C1/SC(=Nc2cccc(C(=O)N3CCOCC3)c2)N(CC)C1=O. The normalized spacial score (nSPS) is 18.4. The molecule has 2 aliphatic rings. The lowest BCUT2D eigenvalue weighted by atomic mass is 10.1. The molecule has 4 rings (SSSR count). The quantitative estimate of drug-likeness (QED) is 0.299. The van der Waals surface area contributed by atoms with E-state index in [1.165, 1.54) is 11.8 Å². The molecule has 0 saturated carbocycles. The molecule has 9 heteroatoms. The molecule has 0 bridgehead atoms. The largest absolute Gasteiger partial charge is 0.493 e. The van der Waals surface area contributed by atoms with Crippen molar-refractivity contribution >= 4 is 56.4 Å². The number of likely N-dealkylation sites (N-methyl/N-ethyl adjacent to an activating group) is 1. The molecule has 7 nitrogen and oxygen atoms in total. The minimum absolute atomic E-state index is 0.0336. The number of carbonyl (C=O) groups is 2. The average molecular weight is 573 g/mol. The molecule has 2 fully saturated rings. The Kier molecular flexibility index (Phi) is 9.23. The number of aliphatic imine (C=N–C) groups is 1. The van der Waals surface area contributed by atoms with Crippen molar-refractivity contribution in [2.45, 2.75) is 26.7 Å². The molecule has 0 radical (unpaired) electrons. The Hall–Kier alpha value is -2.62. The third kappa shape index (κ3) is 6.38. The van der Waals surface area contributed by atoms with Gasteiger partial charge in [-0.3, -0.25) is 14.5 Å². The number of hydrogen-bond acceptors (Lipinski definition) is 6. The fraction of sp³-hybridized carbons (Fsp3) is 0.370. The molecule has 190 valence electrons. The highest BCUT2D eigenvalue weighted by atomic mass is 79.9. The van der Waals surface area contributed by atoms with Crippen LogP contribution in [0.25, 0.3) is 6.08 Å². The lowest BCUT2D eigenvalue weighted by molar-refractivity contribution is -0.122. The van der Waals surface area contributed by atoms with Crippen LogP contribution in [0, 0.1) is 0 Å². The molecule has 0 aromatic heterocycles. The number of rotatable bonds is 8. The van der Waals surface area contributed by atoms with Crippen LogP contribution < -0.4 is 4.74 Å². The van der Waals surface area contributed by atoms with E-state index in [4.69, 9.17) is 14.5 Å². The lowest BCUT2D eigenvalue weighted by Gasteiger charge is -2.26. The van der Waals surface area contributed by atoms with Gasteiger partial charge in [-0.1, -0.05) is 35.3 Å². The Morgan fingerprint density at radius 1 is 1.19 bits per heavy atom. The topological polar surface area (TPSA) is 71.4 Å². The second-order valence-corrected chi connectivity index (χ2v) is 10.3. The first-order valence-electron chi connectivity index (χ1n) is 12.2. The van der Waals surface area contributed by atoms with Gasteiger partial charge in [0.15, 0.2) is 5.17 Å². The number of ether oxygens (including phenoxy) is 2. The van der Waals surface area contributed by atoms with Crippen molar-refractivity contribution in [3.63, 3.8) is 0 Å². The number of halogens is 1. The summed E-state index contributed by atoms with van der Waals surface area (Å²) >= 11 is 4.85. The zero-order valence-corrected chi connectivity index (χ0v) is 22.9. The summed E-state index contributed by atoms with van der Waals surface area (Å²) in [4.78, 5) is 34.9. The Morgan fingerprint density at radius 2 is 2.00 bits per heavy atom. The number of thioether (sulfide) groups is 1. The maximum Gasteiger partial charge on any atom is 0.266 e. The average Bonchev–Trinajstić information content (AvgIpc) is 3.19. The van der Waals surface area contributed by atoms with Crippen molar-refractivity contribution in [3.05, 3.63) is 63.0 Å². The molecule has 0 aliphatic carbocycles. The van der Waals surface area contributed by atoms with E-state index < -0.39 is 0 Å². The van der Waals surface area contributed by atoms with Gasteiger partial charge in [0.05, 0.1) is 30.4 Å². The Morgan fingerprint density at radius 3 is 2.75 bits per heavy atom. The van der Waals surface area contributed by atoms with Gasteiger partial charge in [-0.2, -0.15) is 0 Å². The van der Waals surface area contributed by atoms with Crippen LogP contribution in [0.15, 0.2) is 56.8 Å². The number of amidine groups is 1. The summed E-state index contributed by atoms with van der Waals surface area (Å²) in [6, 6.07) is 13.0. The molecule has 2 aromatic carbocycles. The number of carbonyl (C=O) groups excluding carboxylic acids is 2. The highest BCUT2D eigenvalue weighted by Gasteiger charge is 2.32. The minimum Gasteiger partial charge on any atom is -0.493 e. The molecule has 2 amide bonds. The Balaban J connectivity index is 1.59. The summed E-state index contributed by atoms with van der Waals surface area (Å²) in [5.74, 6) is 0.616. The molecule has 36 heavy (non-hydrogen) atoms. The number of benzene rings is 2. The monoisotopic (exact) mass is 571 g/mol. The summed E-state index contributed by atoms with van der Waals surface area (Å²) < 4.78 is 12.2. The van der Waals surface area contributed by atoms with Gasteiger partial charge in [0, 0.05) is 35.2 Å². The van der Waals surface area contributed by atoms with Gasteiger partial charge in [-0.25, -0.2) is 4.99 Å². The molecule has 2 saturated heterocycles. The standard InChI is InChI=1S/C27H30BrN3O4S/c1-3-5-13-35-23-10-9-21(28)16-20(23)18-24-26(33)31(4-2)27(36-24)29-22-8-6-7-19(17-22)25(32)30-11-14-34-15-12-30/h6-10,16-18H,3-5,11-15H2,1-2H3/b24-18+,29-27?. The van der Waals surface area contributed by atoms with Crippen molar-refractivity contribution in [2.75, 3.05) is 39.5 Å². The highest BCUT2D eigenvalue weighted by molar-refractivity contribution is 9.10. The maximum absolute atomic E-state index is 13.2. The molecule has 0 unspecified atom stereocenters. The molecule has 2 heterocycles. The van der Waals surface area contributed by atoms with Crippen molar-refractivity contribution in [2.24, 2.45) is 4.99 Å². The van der Waals surface area contributed by atoms with E-state index >= 15 is 0 Å². The van der Waals surface area contributed by atoms with Crippen LogP contribution in [0.3, 0.4) is 0 Å². The van der Waals surface area contributed by atoms with Crippen LogP contribution in [0.5, 0.6) is 5.75 Å². The zero-order valence-electron chi connectivity index (χ0n) is 20.5. The smallest absolute Gasteiger partial charge is 0.266 e. The molecule has 0 atom stereocenters. The van der Waals surface area contributed by atoms with Crippen LogP contribution in [0.4, 0.5) is 5.69 Å². The molecular formula is C27H30BrN3O4S. The van der Waals surface area contributed by atoms with Crippen molar-refractivity contribution in [1.29, 1.82) is 0 Å². The number of hydrogen-bond donors (Lipinski definition) is 0. The second-order valence-electron chi connectivity index (χ2n) is 8.39. The van der Waals surface area contributed by atoms with E-state index in [1.54, 1.807) is 21.9 Å². The van der Waals surface area contributed by atoms with E-state index in [9.17, 15) is 9.59 Å². The molecule has 0 N–H and O–H groups in total. The van der Waals surface area contributed by atoms with Crippen LogP contribution >= 0.6 is 27.7 Å². The van der Waals surface area contributed by atoms with Gasteiger partial charge >= 0.3 is 0 Å². The lowest BCUT2D eigenvalue weighted by Crippen LogP contribution is -2.40. The summed E-state index contributed by atoms with van der Waals surface area (Å²) in [6.07, 6.45) is 3.88. The number of amides is 2. The van der Waals surface area contributed by atoms with E-state index in [0.29, 0.717) is 60.8 Å². The first-order valence-corrected chi connectivity index (χ1v) is 13.8. The molecular weight excluding hydrogens is 542 g/mol. The summed E-state index contributed by atoms with van der Waals surface area (Å²) in [5.41, 5.74) is 2.05. The highest BCUT2D eigenvalue weighted by Crippen LogP contribution is 2.36. The summed E-state index contributed by atoms with van der Waals surface area (Å²) in [5, 5.41) is 0.591. The fourth-order valence-electron chi connectivity index (χ4n) is 3.87. The number of nitrogens with zero attached hydrogens (tertiary/aromatic N) is 3. The van der Waals surface area contributed by atoms with E-state index in [2.05, 4.69) is 22.9 Å². The first-order chi connectivity index (χ1) is 17.5. The van der Waals surface area contributed by atoms with Gasteiger partial charge in [-0.05, 0) is 67.6 Å². The maximum atomic E-state index is 13.2. The zero-order chi connectivity index (χ0) is 25.5. The van der Waals surface area contributed by atoms with E-state index in [0.717, 1.165) is 28.6 Å². The minimum atomic E-state index is -0.0960. The third-order valence-corrected chi connectivity index (χ3v) is 7.33. The Labute approximate surface area is 224 Å². The molecule has 2 aliphatic heterocycles. The van der Waals surface area contributed by atoms with Gasteiger partial charge in [0.1, 0.15) is 5.75 Å². The van der Waals surface area contributed by atoms with Crippen LogP contribution in [-0.2, 0) is 9.53 Å². The van der Waals surface area contributed by atoms with Crippen molar-refractivity contribution < 1.29 is 19.1 Å². The number of morpholine rings is 1. The van der Waals surface area contributed by atoms with Crippen molar-refractivity contribution in [1.82, 2.24) is 9.80 Å². The predicted molar refractivity (Wildman–Crippen MR) is 148 cm³/mol. The van der Waals surface area contributed by atoms with Gasteiger partial charge in [0.2, 0.25) is 0 Å². The van der Waals surface area contributed by atoms with Crippen LogP contribution in [-0.4, -0.2) is 66.2 Å². The van der Waals surface area contributed by atoms with Gasteiger partial charge in [0.25, 0.3) is 11.8 Å². The van der Waals surface area contributed by atoms with Gasteiger partial charge < -0.3 is 14.4 Å². The fourth-order valence-corrected chi connectivity index (χ4v) is 5.30. The number of unbranched alkanes of at least 4 members (excludes halogenated alkanes) is 1. The summed E-state index contributed by atoms with van der Waals surface area (Å²) in [7, 11) is 0. The Bertz CT molecular complexity index is 1180.